The van der Waals surface area contributed by atoms with Crippen molar-refractivity contribution in [1.82, 2.24) is 9.88 Å². The second-order valence-electron chi connectivity index (χ2n) is 8.37. The zero-order valence-electron chi connectivity index (χ0n) is 18.8. The number of rotatable bonds is 7. The molecule has 2 aliphatic rings. The summed E-state index contributed by atoms with van der Waals surface area (Å²) in [6.07, 6.45) is 1.73. The summed E-state index contributed by atoms with van der Waals surface area (Å²) < 4.78 is 16.7. The fourth-order valence-electron chi connectivity index (χ4n) is 4.39. The number of Topliss-reactive ketones (excluding diaryl/α,β-unsaturated/α-hetero) is 1. The Morgan fingerprint density at radius 1 is 1.09 bits per heavy atom. The Bertz CT molecular complexity index is 1100. The summed E-state index contributed by atoms with van der Waals surface area (Å²) in [4.78, 5) is 20.3. The number of thiazole rings is 1. The number of hydrogen-bond donors (Lipinski definition) is 0. The summed E-state index contributed by atoms with van der Waals surface area (Å²) >= 11 is 1.67. The van der Waals surface area contributed by atoms with Crippen molar-refractivity contribution in [3.05, 3.63) is 59.1 Å². The number of ketones is 1. The average Bonchev–Trinajstić information content (AvgIpc) is 3.33. The molecular weight excluding hydrogens is 436 g/mol. The highest BCUT2D eigenvalue weighted by Crippen LogP contribution is 2.33. The Morgan fingerprint density at radius 2 is 1.85 bits per heavy atom. The van der Waals surface area contributed by atoms with Crippen LogP contribution in [0.3, 0.4) is 0 Å². The monoisotopic (exact) mass is 464 g/mol. The molecule has 33 heavy (non-hydrogen) atoms. The highest BCUT2D eigenvalue weighted by molar-refractivity contribution is 7.13. The van der Waals surface area contributed by atoms with Gasteiger partial charge in [-0.15, -0.1) is 11.3 Å². The lowest BCUT2D eigenvalue weighted by atomic mass is 9.88. The van der Waals surface area contributed by atoms with Gasteiger partial charge >= 0.3 is 0 Å². The van der Waals surface area contributed by atoms with Crippen LogP contribution < -0.4 is 14.2 Å². The van der Waals surface area contributed by atoms with E-state index in [4.69, 9.17) is 19.2 Å². The van der Waals surface area contributed by atoms with Gasteiger partial charge in [0.05, 0.1) is 12.3 Å². The van der Waals surface area contributed by atoms with Crippen LogP contribution in [0.4, 0.5) is 0 Å². The molecule has 1 saturated heterocycles. The minimum Gasteiger partial charge on any atom is -0.494 e. The standard InChI is InChI=1S/C26H28N2O4S/c1-2-30-22-6-3-19(4-7-22)26-27-21(17-33-26)16-28-11-9-18(10-12-28)25(29)20-5-8-23-24(15-20)32-14-13-31-23/h3-8,15,17-18H,2,9-14,16H2,1H3. The maximum atomic E-state index is 13.0. The number of benzene rings is 2. The van der Waals surface area contributed by atoms with E-state index in [1.54, 1.807) is 11.3 Å². The molecule has 3 heterocycles. The van der Waals surface area contributed by atoms with Gasteiger partial charge in [0.15, 0.2) is 17.3 Å². The van der Waals surface area contributed by atoms with Gasteiger partial charge in [-0.3, -0.25) is 9.69 Å². The van der Waals surface area contributed by atoms with Crippen molar-refractivity contribution in [3.63, 3.8) is 0 Å². The smallest absolute Gasteiger partial charge is 0.166 e. The van der Waals surface area contributed by atoms with Gasteiger partial charge in [-0.2, -0.15) is 0 Å². The normalized spacial score (nSPS) is 16.5. The lowest BCUT2D eigenvalue weighted by Gasteiger charge is -2.30. The highest BCUT2D eigenvalue weighted by Gasteiger charge is 2.27. The molecular formula is C26H28N2O4S. The molecule has 172 valence electrons. The van der Waals surface area contributed by atoms with E-state index in [2.05, 4.69) is 22.4 Å². The van der Waals surface area contributed by atoms with Gasteiger partial charge in [0.1, 0.15) is 24.0 Å². The molecule has 1 aromatic heterocycles. The topological polar surface area (TPSA) is 60.9 Å². The number of ether oxygens (including phenoxy) is 3. The first-order valence-corrected chi connectivity index (χ1v) is 12.4. The van der Waals surface area contributed by atoms with Gasteiger partial charge in [-0.05, 0) is 75.3 Å². The number of fused-ring (bicyclic) bond motifs is 1. The zero-order valence-corrected chi connectivity index (χ0v) is 19.6. The number of carbonyl (C=O) groups excluding carboxylic acids is 1. The van der Waals surface area contributed by atoms with Crippen LogP contribution in [0, 0.1) is 5.92 Å². The van der Waals surface area contributed by atoms with Gasteiger partial charge < -0.3 is 14.2 Å². The number of carbonyl (C=O) groups is 1. The Morgan fingerprint density at radius 3 is 2.61 bits per heavy atom. The third-order valence-electron chi connectivity index (χ3n) is 6.13. The number of hydrogen-bond acceptors (Lipinski definition) is 7. The van der Waals surface area contributed by atoms with Crippen LogP contribution >= 0.6 is 11.3 Å². The lowest BCUT2D eigenvalue weighted by Crippen LogP contribution is -2.36. The molecule has 0 saturated carbocycles. The first kappa shape index (κ1) is 21.9. The summed E-state index contributed by atoms with van der Waals surface area (Å²) in [7, 11) is 0. The fourth-order valence-corrected chi connectivity index (χ4v) is 5.20. The molecule has 0 spiro atoms. The van der Waals surface area contributed by atoms with Gasteiger partial charge in [-0.1, -0.05) is 0 Å². The van der Waals surface area contributed by atoms with Crippen LogP contribution in [0.15, 0.2) is 47.8 Å². The van der Waals surface area contributed by atoms with Gasteiger partial charge in [0.25, 0.3) is 0 Å². The Hall–Kier alpha value is -2.90. The number of likely N-dealkylation sites (tertiary alicyclic amines) is 1. The SMILES string of the molecule is CCOc1ccc(-c2nc(CN3CCC(C(=O)c4ccc5c(c4)OCCO5)CC3)cs2)cc1. The molecule has 5 rings (SSSR count). The fraction of sp³-hybridized carbons (Fsp3) is 0.385. The predicted molar refractivity (Wildman–Crippen MR) is 128 cm³/mol. The molecule has 0 bridgehead atoms. The van der Waals surface area contributed by atoms with E-state index in [0.717, 1.165) is 65.8 Å². The molecule has 6 nitrogen and oxygen atoms in total. The largest absolute Gasteiger partial charge is 0.494 e. The van der Waals surface area contributed by atoms with Crippen LogP contribution in [0.2, 0.25) is 0 Å². The molecule has 0 unspecified atom stereocenters. The maximum Gasteiger partial charge on any atom is 0.166 e. The Labute approximate surface area is 198 Å². The highest BCUT2D eigenvalue weighted by atomic mass is 32.1. The van der Waals surface area contributed by atoms with Gasteiger partial charge in [0, 0.05) is 29.0 Å². The Kier molecular flexibility index (Phi) is 6.60. The maximum absolute atomic E-state index is 13.0. The number of aromatic nitrogens is 1. The second kappa shape index (κ2) is 9.93. The van der Waals surface area contributed by atoms with E-state index in [1.165, 1.54) is 0 Å². The number of nitrogens with zero attached hydrogens (tertiary/aromatic N) is 2. The minimum absolute atomic E-state index is 0.0543. The second-order valence-corrected chi connectivity index (χ2v) is 9.23. The van der Waals surface area contributed by atoms with Crippen LogP contribution in [0.1, 0.15) is 35.8 Å². The van der Waals surface area contributed by atoms with E-state index in [9.17, 15) is 4.79 Å². The molecule has 7 heteroatoms. The van der Waals surface area contributed by atoms with Gasteiger partial charge in [0.2, 0.25) is 0 Å². The van der Waals surface area contributed by atoms with E-state index < -0.39 is 0 Å². The van der Waals surface area contributed by atoms with Crippen molar-refractivity contribution in [2.24, 2.45) is 5.92 Å². The van der Waals surface area contributed by atoms with Crippen molar-refractivity contribution in [1.29, 1.82) is 0 Å². The summed E-state index contributed by atoms with van der Waals surface area (Å²) in [6, 6.07) is 13.6. The molecule has 0 atom stereocenters. The summed E-state index contributed by atoms with van der Waals surface area (Å²) in [5.74, 6) is 2.54. The quantitative estimate of drug-likeness (QED) is 0.455. The first-order valence-electron chi connectivity index (χ1n) is 11.5. The number of piperidine rings is 1. The van der Waals surface area contributed by atoms with Crippen molar-refractivity contribution < 1.29 is 19.0 Å². The van der Waals surface area contributed by atoms with Crippen LogP contribution in [0.5, 0.6) is 17.2 Å². The van der Waals surface area contributed by atoms with E-state index in [-0.39, 0.29) is 11.7 Å². The Balaban J connectivity index is 1.15. The van der Waals surface area contributed by atoms with E-state index in [1.807, 2.05) is 37.3 Å². The summed E-state index contributed by atoms with van der Waals surface area (Å²) in [5.41, 5.74) is 2.91. The lowest BCUT2D eigenvalue weighted by molar-refractivity contribution is 0.0833. The van der Waals surface area contributed by atoms with Crippen molar-refractivity contribution >= 4 is 17.1 Å². The molecule has 2 aliphatic heterocycles. The third-order valence-corrected chi connectivity index (χ3v) is 7.07. The molecule has 0 N–H and O–H groups in total. The van der Waals surface area contributed by atoms with E-state index >= 15 is 0 Å². The van der Waals surface area contributed by atoms with Gasteiger partial charge in [-0.25, -0.2) is 4.98 Å². The molecule has 2 aromatic carbocycles. The molecule has 1 fully saturated rings. The van der Waals surface area contributed by atoms with Crippen LogP contribution in [-0.2, 0) is 6.54 Å². The summed E-state index contributed by atoms with van der Waals surface area (Å²) in [6.45, 7) is 6.35. The molecule has 0 aliphatic carbocycles. The molecule has 0 amide bonds. The first-order chi connectivity index (χ1) is 16.2. The average molecular weight is 465 g/mol. The van der Waals surface area contributed by atoms with Crippen LogP contribution in [0.25, 0.3) is 10.6 Å². The zero-order chi connectivity index (χ0) is 22.6. The van der Waals surface area contributed by atoms with Crippen molar-refractivity contribution in [2.45, 2.75) is 26.3 Å². The molecule has 0 radical (unpaired) electrons. The summed E-state index contributed by atoms with van der Waals surface area (Å²) in [5, 5.41) is 3.16. The third kappa shape index (κ3) is 5.04. The van der Waals surface area contributed by atoms with Crippen molar-refractivity contribution in [2.75, 3.05) is 32.9 Å². The van der Waals surface area contributed by atoms with E-state index in [0.29, 0.717) is 25.6 Å². The van der Waals surface area contributed by atoms with Crippen LogP contribution in [-0.4, -0.2) is 48.6 Å². The molecule has 3 aromatic rings. The predicted octanol–water partition coefficient (Wildman–Crippen LogP) is 5.07. The minimum atomic E-state index is 0.0543. The van der Waals surface area contributed by atoms with Crippen molar-refractivity contribution in [3.8, 4) is 27.8 Å².